The van der Waals surface area contributed by atoms with Crippen LogP contribution in [0.1, 0.15) is 6.92 Å². The number of benzene rings is 2. The zero-order valence-electron chi connectivity index (χ0n) is 11.2. The average Bonchev–Trinajstić information content (AvgIpc) is 2.44. The molecule has 0 radical (unpaired) electrons. The van der Waals surface area contributed by atoms with Gasteiger partial charge in [0, 0.05) is 11.4 Å². The minimum absolute atomic E-state index is 0.332. The summed E-state index contributed by atoms with van der Waals surface area (Å²) in [5, 5.41) is 5.48. The lowest BCUT2D eigenvalue weighted by molar-refractivity contribution is 0.262. The first-order valence-electron chi connectivity index (χ1n) is 6.34. The lowest BCUT2D eigenvalue weighted by Gasteiger charge is -2.12. The standard InChI is InChI=1S/C15H17N3O2/c1-2-20-14-6-4-3-5-13(14)18-15(19)17-12-9-7-11(16)8-10-12/h3-10H,2,16H2,1H3,(H2,17,18,19). The Morgan fingerprint density at radius 2 is 1.80 bits per heavy atom. The summed E-state index contributed by atoms with van der Waals surface area (Å²) in [7, 11) is 0. The Hall–Kier alpha value is -2.69. The Morgan fingerprint density at radius 1 is 1.10 bits per heavy atom. The molecule has 2 aromatic rings. The van der Waals surface area contributed by atoms with E-state index in [0.29, 0.717) is 29.4 Å². The van der Waals surface area contributed by atoms with E-state index in [0.717, 1.165) is 0 Å². The van der Waals surface area contributed by atoms with Gasteiger partial charge in [0.25, 0.3) is 0 Å². The zero-order valence-corrected chi connectivity index (χ0v) is 11.2. The summed E-state index contributed by atoms with van der Waals surface area (Å²) in [4.78, 5) is 11.9. The maximum atomic E-state index is 11.9. The summed E-state index contributed by atoms with van der Waals surface area (Å²) in [6, 6.07) is 13.9. The van der Waals surface area contributed by atoms with Crippen LogP contribution in [-0.2, 0) is 0 Å². The highest BCUT2D eigenvalue weighted by atomic mass is 16.5. The summed E-state index contributed by atoms with van der Waals surface area (Å²) in [5.74, 6) is 0.641. The maximum Gasteiger partial charge on any atom is 0.323 e. The van der Waals surface area contributed by atoms with Gasteiger partial charge in [0.2, 0.25) is 0 Å². The van der Waals surface area contributed by atoms with Gasteiger partial charge in [-0.25, -0.2) is 4.79 Å². The first-order chi connectivity index (χ1) is 9.69. The number of ether oxygens (including phenoxy) is 1. The van der Waals surface area contributed by atoms with Crippen molar-refractivity contribution in [1.82, 2.24) is 0 Å². The van der Waals surface area contributed by atoms with Crippen LogP contribution in [0, 0.1) is 0 Å². The van der Waals surface area contributed by atoms with Crippen LogP contribution in [0.5, 0.6) is 5.75 Å². The molecule has 0 aliphatic heterocycles. The van der Waals surface area contributed by atoms with Crippen molar-refractivity contribution < 1.29 is 9.53 Å². The summed E-state index contributed by atoms with van der Waals surface area (Å²) in [5.41, 5.74) is 7.54. The Bertz CT molecular complexity index is 582. The van der Waals surface area contributed by atoms with Crippen molar-refractivity contribution in [2.24, 2.45) is 0 Å². The molecule has 2 rings (SSSR count). The van der Waals surface area contributed by atoms with Crippen molar-refractivity contribution in [3.05, 3.63) is 48.5 Å². The topological polar surface area (TPSA) is 76.4 Å². The highest BCUT2D eigenvalue weighted by Gasteiger charge is 2.07. The van der Waals surface area contributed by atoms with Gasteiger partial charge in [0.15, 0.2) is 0 Å². The van der Waals surface area contributed by atoms with E-state index in [2.05, 4.69) is 10.6 Å². The van der Waals surface area contributed by atoms with Crippen LogP contribution in [0.3, 0.4) is 0 Å². The second-order valence-corrected chi connectivity index (χ2v) is 4.13. The van der Waals surface area contributed by atoms with Crippen molar-refractivity contribution in [3.63, 3.8) is 0 Å². The quantitative estimate of drug-likeness (QED) is 0.747. The molecule has 0 aliphatic rings. The van der Waals surface area contributed by atoms with Gasteiger partial charge >= 0.3 is 6.03 Å². The van der Waals surface area contributed by atoms with Crippen LogP contribution in [-0.4, -0.2) is 12.6 Å². The molecule has 4 N–H and O–H groups in total. The lowest BCUT2D eigenvalue weighted by atomic mass is 10.3. The third-order valence-corrected chi connectivity index (χ3v) is 2.60. The number of urea groups is 1. The normalized spacial score (nSPS) is 9.85. The smallest absolute Gasteiger partial charge is 0.323 e. The van der Waals surface area contributed by atoms with E-state index in [1.165, 1.54) is 0 Å². The van der Waals surface area contributed by atoms with Crippen LogP contribution >= 0.6 is 0 Å². The average molecular weight is 271 g/mol. The van der Waals surface area contributed by atoms with Crippen molar-refractivity contribution in [2.45, 2.75) is 6.92 Å². The fraction of sp³-hybridized carbons (Fsp3) is 0.133. The number of amides is 2. The number of para-hydroxylation sites is 2. The van der Waals surface area contributed by atoms with Gasteiger partial charge in [-0.2, -0.15) is 0 Å². The molecular weight excluding hydrogens is 254 g/mol. The molecular formula is C15H17N3O2. The fourth-order valence-electron chi connectivity index (χ4n) is 1.70. The lowest BCUT2D eigenvalue weighted by Crippen LogP contribution is -2.19. The fourth-order valence-corrected chi connectivity index (χ4v) is 1.70. The Labute approximate surface area is 117 Å². The maximum absolute atomic E-state index is 11.9. The monoisotopic (exact) mass is 271 g/mol. The van der Waals surface area contributed by atoms with Crippen LogP contribution in [0.2, 0.25) is 0 Å². The molecule has 0 unspecified atom stereocenters. The van der Waals surface area contributed by atoms with Gasteiger partial charge < -0.3 is 21.1 Å². The summed E-state index contributed by atoms with van der Waals surface area (Å²) in [6.07, 6.45) is 0. The first-order valence-corrected chi connectivity index (χ1v) is 6.34. The second-order valence-electron chi connectivity index (χ2n) is 4.13. The number of nitrogens with one attached hydrogen (secondary N) is 2. The number of carbonyl (C=O) groups excluding carboxylic acids is 1. The third-order valence-electron chi connectivity index (χ3n) is 2.60. The molecule has 5 heteroatoms. The number of nitrogen functional groups attached to an aromatic ring is 1. The third kappa shape index (κ3) is 3.65. The Morgan fingerprint density at radius 3 is 2.50 bits per heavy atom. The molecule has 104 valence electrons. The number of nitrogens with two attached hydrogens (primary N) is 1. The SMILES string of the molecule is CCOc1ccccc1NC(=O)Nc1ccc(N)cc1. The number of anilines is 3. The summed E-state index contributed by atoms with van der Waals surface area (Å²) in [6.45, 7) is 2.43. The van der Waals surface area contributed by atoms with Crippen LogP contribution in [0.4, 0.5) is 21.9 Å². The van der Waals surface area contributed by atoms with Crippen molar-refractivity contribution in [1.29, 1.82) is 0 Å². The number of rotatable bonds is 4. The van der Waals surface area contributed by atoms with E-state index in [-0.39, 0.29) is 6.03 Å². The predicted octanol–water partition coefficient (Wildman–Crippen LogP) is 3.31. The van der Waals surface area contributed by atoms with Crippen LogP contribution < -0.4 is 21.1 Å². The van der Waals surface area contributed by atoms with Gasteiger partial charge in [-0.15, -0.1) is 0 Å². The Kier molecular flexibility index (Phi) is 4.44. The number of carbonyl (C=O) groups is 1. The van der Waals surface area contributed by atoms with E-state index < -0.39 is 0 Å². The van der Waals surface area contributed by atoms with Gasteiger partial charge in [-0.3, -0.25) is 0 Å². The molecule has 0 saturated carbocycles. The van der Waals surface area contributed by atoms with Crippen molar-refractivity contribution >= 4 is 23.1 Å². The van der Waals surface area contributed by atoms with E-state index in [1.54, 1.807) is 30.3 Å². The molecule has 0 spiro atoms. The molecule has 2 amide bonds. The van der Waals surface area contributed by atoms with Crippen LogP contribution in [0.25, 0.3) is 0 Å². The van der Waals surface area contributed by atoms with E-state index in [1.807, 2.05) is 25.1 Å². The van der Waals surface area contributed by atoms with E-state index in [4.69, 9.17) is 10.5 Å². The molecule has 0 atom stereocenters. The van der Waals surface area contributed by atoms with Gasteiger partial charge in [0.1, 0.15) is 5.75 Å². The molecule has 0 fully saturated rings. The second kappa shape index (κ2) is 6.47. The molecule has 0 aromatic heterocycles. The van der Waals surface area contributed by atoms with Crippen molar-refractivity contribution in [2.75, 3.05) is 23.0 Å². The van der Waals surface area contributed by atoms with E-state index in [9.17, 15) is 4.79 Å². The van der Waals surface area contributed by atoms with Gasteiger partial charge in [-0.1, -0.05) is 12.1 Å². The predicted molar refractivity (Wildman–Crippen MR) is 81.1 cm³/mol. The first kappa shape index (κ1) is 13.7. The largest absolute Gasteiger partial charge is 0.492 e. The number of hydrogen-bond acceptors (Lipinski definition) is 3. The molecule has 5 nitrogen and oxygen atoms in total. The molecule has 0 bridgehead atoms. The molecule has 0 aliphatic carbocycles. The van der Waals surface area contributed by atoms with Crippen molar-refractivity contribution in [3.8, 4) is 5.75 Å². The highest BCUT2D eigenvalue weighted by molar-refractivity contribution is 6.00. The zero-order chi connectivity index (χ0) is 14.4. The molecule has 20 heavy (non-hydrogen) atoms. The van der Waals surface area contributed by atoms with Gasteiger partial charge in [0.05, 0.1) is 12.3 Å². The summed E-state index contributed by atoms with van der Waals surface area (Å²) < 4.78 is 5.44. The Balaban J connectivity index is 2.02. The minimum Gasteiger partial charge on any atom is -0.492 e. The molecule has 0 saturated heterocycles. The van der Waals surface area contributed by atoms with Gasteiger partial charge in [-0.05, 0) is 43.3 Å². The minimum atomic E-state index is -0.332. The molecule has 2 aromatic carbocycles. The number of hydrogen-bond donors (Lipinski definition) is 3. The van der Waals surface area contributed by atoms with E-state index >= 15 is 0 Å². The molecule has 0 heterocycles. The summed E-state index contributed by atoms with van der Waals surface area (Å²) >= 11 is 0. The highest BCUT2D eigenvalue weighted by Crippen LogP contribution is 2.23. The van der Waals surface area contributed by atoms with Crippen LogP contribution in [0.15, 0.2) is 48.5 Å².